The Balaban J connectivity index is 2.54. The van der Waals surface area contributed by atoms with Gasteiger partial charge in [0.15, 0.2) is 0 Å². The van der Waals surface area contributed by atoms with Crippen LogP contribution in [0, 0.1) is 0 Å². The van der Waals surface area contributed by atoms with Crippen LogP contribution in [0.3, 0.4) is 0 Å². The molecule has 0 atom stereocenters. The second kappa shape index (κ2) is 7.75. The van der Waals surface area contributed by atoms with Gasteiger partial charge in [-0.15, -0.1) is 0 Å². The van der Waals surface area contributed by atoms with Gasteiger partial charge in [-0.05, 0) is 38.5 Å². The SMILES string of the molecule is CC(C)Oc1ccc(NC(=O)CCCC(=O)O)cc1Cl. The summed E-state index contributed by atoms with van der Waals surface area (Å²) in [5.74, 6) is -0.582. The Hall–Kier alpha value is -1.75. The summed E-state index contributed by atoms with van der Waals surface area (Å²) in [6.45, 7) is 3.79. The number of carboxylic acid groups (broad SMARTS) is 1. The summed E-state index contributed by atoms with van der Waals surface area (Å²) in [7, 11) is 0. The molecule has 0 saturated carbocycles. The van der Waals surface area contributed by atoms with E-state index in [2.05, 4.69) is 5.32 Å². The van der Waals surface area contributed by atoms with Gasteiger partial charge in [-0.1, -0.05) is 11.6 Å². The molecule has 0 aliphatic rings. The van der Waals surface area contributed by atoms with E-state index in [9.17, 15) is 9.59 Å². The minimum atomic E-state index is -0.906. The monoisotopic (exact) mass is 299 g/mol. The van der Waals surface area contributed by atoms with E-state index in [0.29, 0.717) is 22.9 Å². The summed E-state index contributed by atoms with van der Waals surface area (Å²) in [5, 5.41) is 11.6. The van der Waals surface area contributed by atoms with Gasteiger partial charge in [-0.3, -0.25) is 9.59 Å². The Bertz CT molecular complexity index is 488. The molecule has 1 rings (SSSR count). The first kappa shape index (κ1) is 16.3. The van der Waals surface area contributed by atoms with Crippen LogP contribution in [0.1, 0.15) is 33.1 Å². The number of nitrogens with one attached hydrogen (secondary N) is 1. The summed E-state index contributed by atoms with van der Waals surface area (Å²) in [6, 6.07) is 4.99. The molecule has 0 unspecified atom stereocenters. The fourth-order valence-electron chi connectivity index (χ4n) is 1.55. The fraction of sp³-hybridized carbons (Fsp3) is 0.429. The molecular formula is C14H18ClNO4. The van der Waals surface area contributed by atoms with Crippen LogP contribution in [-0.2, 0) is 9.59 Å². The maximum absolute atomic E-state index is 11.6. The largest absolute Gasteiger partial charge is 0.489 e. The van der Waals surface area contributed by atoms with E-state index in [4.69, 9.17) is 21.4 Å². The maximum Gasteiger partial charge on any atom is 0.303 e. The van der Waals surface area contributed by atoms with Gasteiger partial charge < -0.3 is 15.2 Å². The van der Waals surface area contributed by atoms with Crippen LogP contribution in [0.5, 0.6) is 5.75 Å². The number of aliphatic carboxylic acids is 1. The Labute approximate surface area is 122 Å². The number of ether oxygens (including phenoxy) is 1. The highest BCUT2D eigenvalue weighted by molar-refractivity contribution is 6.32. The smallest absolute Gasteiger partial charge is 0.303 e. The van der Waals surface area contributed by atoms with Crippen LogP contribution in [0.2, 0.25) is 5.02 Å². The molecule has 2 N–H and O–H groups in total. The van der Waals surface area contributed by atoms with Crippen LogP contribution >= 0.6 is 11.6 Å². The van der Waals surface area contributed by atoms with Gasteiger partial charge in [-0.2, -0.15) is 0 Å². The Morgan fingerprint density at radius 3 is 2.60 bits per heavy atom. The number of carbonyl (C=O) groups is 2. The molecule has 0 aliphatic heterocycles. The number of hydrogen-bond acceptors (Lipinski definition) is 3. The predicted molar refractivity (Wildman–Crippen MR) is 77.3 cm³/mol. The molecule has 110 valence electrons. The molecule has 0 saturated heterocycles. The number of amides is 1. The van der Waals surface area contributed by atoms with Gasteiger partial charge >= 0.3 is 5.97 Å². The van der Waals surface area contributed by atoms with Crippen molar-refractivity contribution in [2.24, 2.45) is 0 Å². The van der Waals surface area contributed by atoms with Crippen molar-refractivity contribution in [1.82, 2.24) is 0 Å². The molecule has 1 aromatic rings. The highest BCUT2D eigenvalue weighted by Crippen LogP contribution is 2.28. The Morgan fingerprint density at radius 2 is 2.05 bits per heavy atom. The summed E-state index contributed by atoms with van der Waals surface area (Å²) in [5.41, 5.74) is 0.562. The normalized spacial score (nSPS) is 10.4. The van der Waals surface area contributed by atoms with Crippen molar-refractivity contribution in [2.75, 3.05) is 5.32 Å². The summed E-state index contributed by atoms with van der Waals surface area (Å²) in [4.78, 5) is 21.9. The first-order chi connectivity index (χ1) is 9.38. The quantitative estimate of drug-likeness (QED) is 0.810. The van der Waals surface area contributed by atoms with Gasteiger partial charge in [0.2, 0.25) is 5.91 Å². The van der Waals surface area contributed by atoms with E-state index in [0.717, 1.165) is 0 Å². The van der Waals surface area contributed by atoms with Crippen molar-refractivity contribution in [1.29, 1.82) is 0 Å². The lowest BCUT2D eigenvalue weighted by Gasteiger charge is -2.12. The third-order valence-corrected chi connectivity index (χ3v) is 2.67. The molecule has 0 aliphatic carbocycles. The molecule has 0 spiro atoms. The van der Waals surface area contributed by atoms with Gasteiger partial charge in [0, 0.05) is 18.5 Å². The molecule has 0 heterocycles. The van der Waals surface area contributed by atoms with E-state index >= 15 is 0 Å². The minimum Gasteiger partial charge on any atom is -0.489 e. The lowest BCUT2D eigenvalue weighted by atomic mass is 10.2. The number of anilines is 1. The fourth-order valence-corrected chi connectivity index (χ4v) is 1.78. The second-order valence-electron chi connectivity index (χ2n) is 4.61. The molecule has 0 aromatic heterocycles. The first-order valence-corrected chi connectivity index (χ1v) is 6.74. The molecule has 1 aromatic carbocycles. The van der Waals surface area contributed by atoms with E-state index < -0.39 is 5.97 Å². The molecule has 0 radical (unpaired) electrons. The average Bonchev–Trinajstić information content (AvgIpc) is 2.31. The highest BCUT2D eigenvalue weighted by atomic mass is 35.5. The lowest BCUT2D eigenvalue weighted by molar-refractivity contribution is -0.137. The Kier molecular flexibility index (Phi) is 6.31. The third kappa shape index (κ3) is 5.93. The predicted octanol–water partition coefficient (Wildman–Crippen LogP) is 3.32. The van der Waals surface area contributed by atoms with Gasteiger partial charge in [-0.25, -0.2) is 0 Å². The van der Waals surface area contributed by atoms with Crippen LogP contribution < -0.4 is 10.1 Å². The number of carbonyl (C=O) groups excluding carboxylic acids is 1. The number of benzene rings is 1. The van der Waals surface area contributed by atoms with Crippen molar-refractivity contribution in [3.05, 3.63) is 23.2 Å². The van der Waals surface area contributed by atoms with Gasteiger partial charge in [0.25, 0.3) is 0 Å². The van der Waals surface area contributed by atoms with Crippen molar-refractivity contribution >= 4 is 29.2 Å². The van der Waals surface area contributed by atoms with E-state index in [-0.39, 0.29) is 24.9 Å². The van der Waals surface area contributed by atoms with Gasteiger partial charge in [0.1, 0.15) is 5.75 Å². The van der Waals surface area contributed by atoms with Crippen molar-refractivity contribution in [2.45, 2.75) is 39.2 Å². The number of hydrogen-bond donors (Lipinski definition) is 2. The summed E-state index contributed by atoms with van der Waals surface area (Å²) >= 11 is 6.05. The topological polar surface area (TPSA) is 75.6 Å². The van der Waals surface area contributed by atoms with Crippen molar-refractivity contribution in [3.8, 4) is 5.75 Å². The van der Waals surface area contributed by atoms with Crippen molar-refractivity contribution in [3.63, 3.8) is 0 Å². The zero-order valence-electron chi connectivity index (χ0n) is 11.5. The summed E-state index contributed by atoms with van der Waals surface area (Å²) < 4.78 is 5.49. The maximum atomic E-state index is 11.6. The lowest BCUT2D eigenvalue weighted by Crippen LogP contribution is -2.12. The van der Waals surface area contributed by atoms with E-state index in [1.807, 2.05) is 13.8 Å². The first-order valence-electron chi connectivity index (χ1n) is 6.36. The van der Waals surface area contributed by atoms with Crippen LogP contribution in [0.25, 0.3) is 0 Å². The zero-order chi connectivity index (χ0) is 15.1. The molecule has 20 heavy (non-hydrogen) atoms. The average molecular weight is 300 g/mol. The zero-order valence-corrected chi connectivity index (χ0v) is 12.2. The third-order valence-electron chi connectivity index (χ3n) is 2.37. The molecular weight excluding hydrogens is 282 g/mol. The van der Waals surface area contributed by atoms with Crippen LogP contribution in [0.15, 0.2) is 18.2 Å². The second-order valence-corrected chi connectivity index (χ2v) is 5.01. The van der Waals surface area contributed by atoms with Crippen LogP contribution in [-0.4, -0.2) is 23.1 Å². The van der Waals surface area contributed by atoms with E-state index in [1.165, 1.54) is 0 Å². The molecule has 0 bridgehead atoms. The highest BCUT2D eigenvalue weighted by Gasteiger charge is 2.08. The minimum absolute atomic E-state index is 0.0176. The Morgan fingerprint density at radius 1 is 1.35 bits per heavy atom. The number of rotatable bonds is 7. The molecule has 5 nitrogen and oxygen atoms in total. The van der Waals surface area contributed by atoms with Gasteiger partial charge in [0.05, 0.1) is 11.1 Å². The van der Waals surface area contributed by atoms with Crippen molar-refractivity contribution < 1.29 is 19.4 Å². The van der Waals surface area contributed by atoms with E-state index in [1.54, 1.807) is 18.2 Å². The standard InChI is InChI=1S/C14H18ClNO4/c1-9(2)20-12-7-6-10(8-11(12)15)16-13(17)4-3-5-14(18)19/h6-9H,3-5H2,1-2H3,(H,16,17)(H,18,19). The molecule has 1 amide bonds. The summed E-state index contributed by atoms with van der Waals surface area (Å²) in [6.07, 6.45) is 0.469. The van der Waals surface area contributed by atoms with Crippen LogP contribution in [0.4, 0.5) is 5.69 Å². The number of halogens is 1. The molecule has 0 fully saturated rings. The molecule has 6 heteroatoms. The number of carboxylic acids is 1.